The molecule has 2 rings (SSSR count). The number of pyridine rings is 1. The molecule has 16 heavy (non-hydrogen) atoms. The predicted molar refractivity (Wildman–Crippen MR) is 61.1 cm³/mol. The summed E-state index contributed by atoms with van der Waals surface area (Å²) in [5, 5.41) is 2.96. The Labute approximate surface area is 94.3 Å². The summed E-state index contributed by atoms with van der Waals surface area (Å²) in [5.74, 6) is -0.0693. The molecule has 0 unspecified atom stereocenters. The standard InChI is InChI=1S/C12H16N2O2/c15-11(13-10-5-1-2-6-10)9-14-8-4-3-7-12(14)16/h3-4,7-8,10H,1-2,5-6,9H2,(H,13,15). The van der Waals surface area contributed by atoms with E-state index in [1.54, 1.807) is 18.3 Å². The first-order valence-electron chi connectivity index (χ1n) is 5.70. The number of carbonyl (C=O) groups is 1. The van der Waals surface area contributed by atoms with Crippen LogP contribution >= 0.6 is 0 Å². The lowest BCUT2D eigenvalue weighted by Crippen LogP contribution is -2.37. The van der Waals surface area contributed by atoms with Gasteiger partial charge in [0.2, 0.25) is 5.91 Å². The summed E-state index contributed by atoms with van der Waals surface area (Å²) in [6, 6.07) is 5.20. The minimum atomic E-state index is -0.135. The first-order chi connectivity index (χ1) is 7.75. The van der Waals surface area contributed by atoms with Crippen LogP contribution in [0, 0.1) is 0 Å². The van der Waals surface area contributed by atoms with Gasteiger partial charge in [-0.1, -0.05) is 18.9 Å². The third kappa shape index (κ3) is 2.72. The summed E-state index contributed by atoms with van der Waals surface area (Å²) in [5.41, 5.74) is -0.135. The molecular formula is C12H16N2O2. The third-order valence-corrected chi connectivity index (χ3v) is 2.93. The van der Waals surface area contributed by atoms with E-state index in [1.807, 2.05) is 0 Å². The van der Waals surface area contributed by atoms with Crippen molar-refractivity contribution in [2.45, 2.75) is 38.3 Å². The summed E-state index contributed by atoms with van der Waals surface area (Å²) >= 11 is 0. The maximum atomic E-state index is 11.6. The highest BCUT2D eigenvalue weighted by Crippen LogP contribution is 2.17. The molecule has 0 atom stereocenters. The Kier molecular flexibility index (Phi) is 3.39. The van der Waals surface area contributed by atoms with E-state index >= 15 is 0 Å². The fourth-order valence-corrected chi connectivity index (χ4v) is 2.09. The normalized spacial score (nSPS) is 16.2. The zero-order valence-electron chi connectivity index (χ0n) is 9.19. The molecule has 1 aromatic rings. The van der Waals surface area contributed by atoms with Crippen molar-refractivity contribution in [3.8, 4) is 0 Å². The molecule has 0 bridgehead atoms. The molecule has 1 amide bonds. The van der Waals surface area contributed by atoms with Crippen molar-refractivity contribution < 1.29 is 4.79 Å². The van der Waals surface area contributed by atoms with Crippen LogP contribution in [-0.4, -0.2) is 16.5 Å². The van der Waals surface area contributed by atoms with Gasteiger partial charge in [0.25, 0.3) is 5.56 Å². The molecule has 86 valence electrons. The Hall–Kier alpha value is -1.58. The molecule has 1 aromatic heterocycles. The van der Waals surface area contributed by atoms with E-state index in [-0.39, 0.29) is 18.0 Å². The van der Waals surface area contributed by atoms with E-state index in [9.17, 15) is 9.59 Å². The Morgan fingerprint density at radius 2 is 2.12 bits per heavy atom. The summed E-state index contributed by atoms with van der Waals surface area (Å²) in [6.45, 7) is 0.121. The summed E-state index contributed by atoms with van der Waals surface area (Å²) in [6.07, 6.45) is 6.15. The van der Waals surface area contributed by atoms with Gasteiger partial charge in [-0.2, -0.15) is 0 Å². The molecular weight excluding hydrogens is 204 g/mol. The molecule has 4 heteroatoms. The number of carbonyl (C=O) groups excluding carboxylic acids is 1. The van der Waals surface area contributed by atoms with Crippen molar-refractivity contribution in [3.63, 3.8) is 0 Å². The fraction of sp³-hybridized carbons (Fsp3) is 0.500. The molecule has 0 radical (unpaired) electrons. The highest BCUT2D eigenvalue weighted by Gasteiger charge is 2.16. The van der Waals surface area contributed by atoms with E-state index in [2.05, 4.69) is 5.32 Å². The Bertz CT molecular complexity index is 419. The Morgan fingerprint density at radius 1 is 1.38 bits per heavy atom. The molecule has 1 N–H and O–H groups in total. The average Bonchev–Trinajstić information content (AvgIpc) is 2.74. The monoisotopic (exact) mass is 220 g/mol. The van der Waals surface area contributed by atoms with Crippen LogP contribution in [0.3, 0.4) is 0 Å². The van der Waals surface area contributed by atoms with Gasteiger partial charge in [0.15, 0.2) is 0 Å². The second-order valence-corrected chi connectivity index (χ2v) is 4.22. The molecule has 0 saturated heterocycles. The van der Waals surface area contributed by atoms with Crippen LogP contribution in [0.2, 0.25) is 0 Å². The van der Waals surface area contributed by atoms with E-state index < -0.39 is 0 Å². The van der Waals surface area contributed by atoms with Gasteiger partial charge in [0.05, 0.1) is 0 Å². The molecule has 1 aliphatic carbocycles. The van der Waals surface area contributed by atoms with Gasteiger partial charge in [0.1, 0.15) is 6.54 Å². The zero-order chi connectivity index (χ0) is 11.4. The first kappa shape index (κ1) is 10.9. The van der Waals surface area contributed by atoms with Crippen molar-refractivity contribution in [2.75, 3.05) is 0 Å². The quantitative estimate of drug-likeness (QED) is 0.823. The van der Waals surface area contributed by atoms with Crippen molar-refractivity contribution in [3.05, 3.63) is 34.7 Å². The molecule has 0 aliphatic heterocycles. The number of amides is 1. The van der Waals surface area contributed by atoms with E-state index in [0.717, 1.165) is 12.8 Å². The summed E-state index contributed by atoms with van der Waals surface area (Å²) in [4.78, 5) is 23.0. The number of hydrogen-bond acceptors (Lipinski definition) is 2. The van der Waals surface area contributed by atoms with Gasteiger partial charge in [-0.3, -0.25) is 9.59 Å². The average molecular weight is 220 g/mol. The second-order valence-electron chi connectivity index (χ2n) is 4.22. The number of rotatable bonds is 3. The molecule has 0 aromatic carbocycles. The highest BCUT2D eigenvalue weighted by atomic mass is 16.2. The van der Waals surface area contributed by atoms with Crippen molar-refractivity contribution in [1.82, 2.24) is 9.88 Å². The first-order valence-corrected chi connectivity index (χ1v) is 5.70. The lowest BCUT2D eigenvalue weighted by Gasteiger charge is -2.12. The second kappa shape index (κ2) is 4.96. The van der Waals surface area contributed by atoms with Gasteiger partial charge in [-0.15, -0.1) is 0 Å². The molecule has 1 fully saturated rings. The topological polar surface area (TPSA) is 51.1 Å². The molecule has 1 heterocycles. The summed E-state index contributed by atoms with van der Waals surface area (Å²) in [7, 11) is 0. The Balaban J connectivity index is 1.92. The number of aromatic nitrogens is 1. The van der Waals surface area contributed by atoms with Crippen LogP contribution in [0.4, 0.5) is 0 Å². The molecule has 4 nitrogen and oxygen atoms in total. The molecule has 1 saturated carbocycles. The lowest BCUT2D eigenvalue weighted by molar-refractivity contribution is -0.122. The maximum absolute atomic E-state index is 11.6. The predicted octanol–water partition coefficient (Wildman–Crippen LogP) is 0.907. The van der Waals surface area contributed by atoms with Crippen molar-refractivity contribution in [2.24, 2.45) is 0 Å². The lowest BCUT2D eigenvalue weighted by atomic mass is 10.2. The number of nitrogens with zero attached hydrogens (tertiary/aromatic N) is 1. The minimum Gasteiger partial charge on any atom is -0.352 e. The zero-order valence-corrected chi connectivity index (χ0v) is 9.19. The van der Waals surface area contributed by atoms with Gasteiger partial charge < -0.3 is 9.88 Å². The van der Waals surface area contributed by atoms with E-state index in [4.69, 9.17) is 0 Å². The molecule has 1 aliphatic rings. The van der Waals surface area contributed by atoms with Crippen molar-refractivity contribution in [1.29, 1.82) is 0 Å². The van der Waals surface area contributed by atoms with Crippen LogP contribution in [0.25, 0.3) is 0 Å². The minimum absolute atomic E-state index is 0.0693. The maximum Gasteiger partial charge on any atom is 0.250 e. The van der Waals surface area contributed by atoms with Crippen LogP contribution < -0.4 is 10.9 Å². The Morgan fingerprint density at radius 3 is 2.81 bits per heavy atom. The van der Waals surface area contributed by atoms with Gasteiger partial charge in [0, 0.05) is 18.3 Å². The fourth-order valence-electron chi connectivity index (χ4n) is 2.09. The van der Waals surface area contributed by atoms with Gasteiger partial charge >= 0.3 is 0 Å². The van der Waals surface area contributed by atoms with Crippen LogP contribution in [-0.2, 0) is 11.3 Å². The molecule has 0 spiro atoms. The highest BCUT2D eigenvalue weighted by molar-refractivity contribution is 5.76. The van der Waals surface area contributed by atoms with Gasteiger partial charge in [-0.05, 0) is 18.9 Å². The number of nitrogens with one attached hydrogen (secondary N) is 1. The van der Waals surface area contributed by atoms with Crippen LogP contribution in [0.1, 0.15) is 25.7 Å². The summed E-state index contributed by atoms with van der Waals surface area (Å²) < 4.78 is 1.42. The van der Waals surface area contributed by atoms with Crippen LogP contribution in [0.15, 0.2) is 29.2 Å². The van der Waals surface area contributed by atoms with E-state index in [0.29, 0.717) is 6.04 Å². The van der Waals surface area contributed by atoms with Gasteiger partial charge in [-0.25, -0.2) is 0 Å². The largest absolute Gasteiger partial charge is 0.352 e. The van der Waals surface area contributed by atoms with Crippen LogP contribution in [0.5, 0.6) is 0 Å². The van der Waals surface area contributed by atoms with E-state index in [1.165, 1.54) is 23.5 Å². The number of hydrogen-bond donors (Lipinski definition) is 1. The SMILES string of the molecule is O=C(Cn1ccccc1=O)NC1CCCC1. The van der Waals surface area contributed by atoms with Crippen molar-refractivity contribution >= 4 is 5.91 Å². The smallest absolute Gasteiger partial charge is 0.250 e. The third-order valence-electron chi connectivity index (χ3n) is 2.93.